The summed E-state index contributed by atoms with van der Waals surface area (Å²) in [7, 11) is 0. The Morgan fingerprint density at radius 2 is 1.60 bits per heavy atom. The highest BCUT2D eigenvalue weighted by Gasteiger charge is 2.33. The number of ether oxygens (including phenoxy) is 2. The Balaban J connectivity index is 1.94. The van der Waals surface area contributed by atoms with Gasteiger partial charge < -0.3 is 9.47 Å². The zero-order valence-electron chi connectivity index (χ0n) is 17.8. The maximum atomic E-state index is 11.8. The van der Waals surface area contributed by atoms with Gasteiger partial charge in [0.1, 0.15) is 11.5 Å². The van der Waals surface area contributed by atoms with Crippen molar-refractivity contribution in [3.63, 3.8) is 0 Å². The van der Waals surface area contributed by atoms with Crippen LogP contribution in [0, 0.1) is 5.41 Å². The van der Waals surface area contributed by atoms with Crippen molar-refractivity contribution in [1.82, 2.24) is 4.98 Å². The summed E-state index contributed by atoms with van der Waals surface area (Å²) in [5.41, 5.74) is 2.76. The highest BCUT2D eigenvalue weighted by molar-refractivity contribution is 5.67. The molecule has 4 nitrogen and oxygen atoms in total. The number of esters is 1. The standard InChI is InChI=1S/C26H27NO3/c1-19(28)29-25(26(2,3)4)24(17-20-9-8-16-27-18-20)30-23-14-12-22(13-15-23)21-10-6-5-7-11-21/h5-18,25H,1-4H3. The molecule has 0 aliphatic rings. The smallest absolute Gasteiger partial charge is 0.303 e. The van der Waals surface area contributed by atoms with Gasteiger partial charge in [0.05, 0.1) is 0 Å². The number of aromatic nitrogens is 1. The van der Waals surface area contributed by atoms with E-state index < -0.39 is 6.10 Å². The number of benzene rings is 2. The van der Waals surface area contributed by atoms with Crippen LogP contribution in [0.5, 0.6) is 5.75 Å². The van der Waals surface area contributed by atoms with Crippen LogP contribution in [0.3, 0.4) is 0 Å². The van der Waals surface area contributed by atoms with Crippen molar-refractivity contribution in [2.75, 3.05) is 0 Å². The lowest BCUT2D eigenvalue weighted by Gasteiger charge is -2.31. The van der Waals surface area contributed by atoms with Crippen LogP contribution in [0.1, 0.15) is 33.3 Å². The molecule has 0 aliphatic heterocycles. The van der Waals surface area contributed by atoms with E-state index in [0.717, 1.165) is 16.7 Å². The lowest BCUT2D eigenvalue weighted by molar-refractivity contribution is -0.150. The van der Waals surface area contributed by atoms with Crippen molar-refractivity contribution in [2.45, 2.75) is 33.8 Å². The Labute approximate surface area is 178 Å². The molecule has 0 saturated heterocycles. The summed E-state index contributed by atoms with van der Waals surface area (Å²) in [6.07, 6.45) is 4.78. The number of rotatable bonds is 6. The van der Waals surface area contributed by atoms with E-state index in [1.165, 1.54) is 6.92 Å². The van der Waals surface area contributed by atoms with Crippen LogP contribution in [0.4, 0.5) is 0 Å². The first-order valence-electron chi connectivity index (χ1n) is 9.95. The summed E-state index contributed by atoms with van der Waals surface area (Å²) in [6, 6.07) is 21.8. The molecule has 0 saturated carbocycles. The number of hydrogen-bond donors (Lipinski definition) is 0. The van der Waals surface area contributed by atoms with Crippen molar-refractivity contribution in [3.8, 4) is 16.9 Å². The minimum absolute atomic E-state index is 0.352. The minimum Gasteiger partial charge on any atom is -0.458 e. The lowest BCUT2D eigenvalue weighted by Crippen LogP contribution is -2.34. The average molecular weight is 402 g/mol. The van der Waals surface area contributed by atoms with E-state index in [4.69, 9.17) is 9.47 Å². The van der Waals surface area contributed by atoms with Gasteiger partial charge in [0.2, 0.25) is 0 Å². The first-order chi connectivity index (χ1) is 14.3. The molecule has 3 aromatic rings. The molecule has 154 valence electrons. The van der Waals surface area contributed by atoms with Gasteiger partial charge in [-0.25, -0.2) is 0 Å². The molecule has 0 bridgehead atoms. The molecule has 0 spiro atoms. The SMILES string of the molecule is CC(=O)OC(C(=Cc1cccnc1)Oc1ccc(-c2ccccc2)cc1)C(C)(C)C. The number of nitrogens with zero attached hydrogens (tertiary/aromatic N) is 1. The summed E-state index contributed by atoms with van der Waals surface area (Å²) in [5.74, 6) is 0.874. The van der Waals surface area contributed by atoms with E-state index in [9.17, 15) is 4.79 Å². The van der Waals surface area contributed by atoms with E-state index in [-0.39, 0.29) is 11.4 Å². The molecule has 4 heteroatoms. The number of carbonyl (C=O) groups is 1. The summed E-state index contributed by atoms with van der Waals surface area (Å²) >= 11 is 0. The third-order valence-corrected chi connectivity index (χ3v) is 4.52. The van der Waals surface area contributed by atoms with E-state index in [0.29, 0.717) is 11.5 Å². The monoisotopic (exact) mass is 401 g/mol. The van der Waals surface area contributed by atoms with Gasteiger partial charge in [-0.05, 0) is 41.0 Å². The molecule has 1 heterocycles. The van der Waals surface area contributed by atoms with E-state index in [2.05, 4.69) is 17.1 Å². The average Bonchev–Trinajstić information content (AvgIpc) is 2.73. The van der Waals surface area contributed by atoms with Crippen LogP contribution in [-0.2, 0) is 9.53 Å². The molecule has 0 aliphatic carbocycles. The first kappa shape index (κ1) is 21.3. The highest BCUT2D eigenvalue weighted by atomic mass is 16.6. The van der Waals surface area contributed by atoms with Crippen molar-refractivity contribution in [1.29, 1.82) is 0 Å². The fraction of sp³-hybridized carbons (Fsp3) is 0.231. The molecule has 0 fully saturated rings. The Morgan fingerprint density at radius 3 is 2.17 bits per heavy atom. The second-order valence-corrected chi connectivity index (χ2v) is 8.18. The van der Waals surface area contributed by atoms with Crippen LogP contribution in [0.25, 0.3) is 17.2 Å². The highest BCUT2D eigenvalue weighted by Crippen LogP contribution is 2.32. The minimum atomic E-state index is -0.552. The van der Waals surface area contributed by atoms with Crippen LogP contribution in [0.15, 0.2) is 84.9 Å². The maximum Gasteiger partial charge on any atom is 0.303 e. The zero-order chi connectivity index (χ0) is 21.6. The molecule has 2 aromatic carbocycles. The zero-order valence-corrected chi connectivity index (χ0v) is 17.8. The van der Waals surface area contributed by atoms with Gasteiger partial charge in [-0.15, -0.1) is 0 Å². The van der Waals surface area contributed by atoms with Crippen molar-refractivity contribution >= 4 is 12.0 Å². The van der Waals surface area contributed by atoms with Gasteiger partial charge in [-0.2, -0.15) is 0 Å². The molecule has 30 heavy (non-hydrogen) atoms. The molecule has 0 amide bonds. The van der Waals surface area contributed by atoms with E-state index in [1.54, 1.807) is 12.4 Å². The Bertz CT molecular complexity index is 988. The third-order valence-electron chi connectivity index (χ3n) is 4.52. The van der Waals surface area contributed by atoms with Gasteiger partial charge in [0.25, 0.3) is 0 Å². The summed E-state index contributed by atoms with van der Waals surface area (Å²) in [6.45, 7) is 7.45. The molecule has 0 radical (unpaired) electrons. The molecular weight excluding hydrogens is 374 g/mol. The lowest BCUT2D eigenvalue weighted by atomic mass is 9.87. The second-order valence-electron chi connectivity index (χ2n) is 8.18. The largest absolute Gasteiger partial charge is 0.458 e. The van der Waals surface area contributed by atoms with Crippen molar-refractivity contribution in [2.24, 2.45) is 5.41 Å². The Kier molecular flexibility index (Phi) is 6.68. The Morgan fingerprint density at radius 1 is 0.933 bits per heavy atom. The molecule has 3 rings (SSSR count). The first-order valence-corrected chi connectivity index (χ1v) is 9.95. The summed E-state index contributed by atoms with van der Waals surface area (Å²) < 4.78 is 11.9. The summed E-state index contributed by atoms with van der Waals surface area (Å²) in [5, 5.41) is 0. The number of pyridine rings is 1. The summed E-state index contributed by atoms with van der Waals surface area (Å²) in [4.78, 5) is 16.0. The van der Waals surface area contributed by atoms with Crippen LogP contribution < -0.4 is 4.74 Å². The molecule has 1 unspecified atom stereocenters. The fourth-order valence-corrected chi connectivity index (χ4v) is 3.09. The third kappa shape index (κ3) is 5.80. The molecule has 0 N–H and O–H groups in total. The Hall–Kier alpha value is -3.40. The van der Waals surface area contributed by atoms with Gasteiger partial charge in [-0.1, -0.05) is 69.3 Å². The topological polar surface area (TPSA) is 48.4 Å². The van der Waals surface area contributed by atoms with Gasteiger partial charge in [0.15, 0.2) is 6.10 Å². The van der Waals surface area contributed by atoms with Crippen LogP contribution >= 0.6 is 0 Å². The predicted octanol–water partition coefficient (Wildman–Crippen LogP) is 6.15. The molecule has 1 aromatic heterocycles. The van der Waals surface area contributed by atoms with Gasteiger partial charge in [0, 0.05) is 24.7 Å². The van der Waals surface area contributed by atoms with Gasteiger partial charge in [-0.3, -0.25) is 9.78 Å². The van der Waals surface area contributed by atoms with Crippen LogP contribution in [-0.4, -0.2) is 17.1 Å². The number of carbonyl (C=O) groups excluding carboxylic acids is 1. The normalized spacial score (nSPS) is 12.9. The van der Waals surface area contributed by atoms with Gasteiger partial charge >= 0.3 is 5.97 Å². The second kappa shape index (κ2) is 9.40. The maximum absolute atomic E-state index is 11.8. The quantitative estimate of drug-likeness (QED) is 0.367. The van der Waals surface area contributed by atoms with E-state index >= 15 is 0 Å². The molecular formula is C26H27NO3. The van der Waals surface area contributed by atoms with Crippen LogP contribution in [0.2, 0.25) is 0 Å². The molecule has 1 atom stereocenters. The number of hydrogen-bond acceptors (Lipinski definition) is 4. The van der Waals surface area contributed by atoms with Crippen molar-refractivity contribution in [3.05, 3.63) is 90.4 Å². The fourth-order valence-electron chi connectivity index (χ4n) is 3.09. The predicted molar refractivity (Wildman–Crippen MR) is 120 cm³/mol. The van der Waals surface area contributed by atoms with E-state index in [1.807, 2.05) is 81.4 Å². The van der Waals surface area contributed by atoms with Crippen molar-refractivity contribution < 1.29 is 14.3 Å².